The Balaban J connectivity index is 1.49. The molecule has 0 aromatic rings. The number of hydrogen-bond donors (Lipinski definition) is 1. The maximum Gasteiger partial charge on any atom is 0.0795 e. The average Bonchev–Trinajstić information content (AvgIpc) is 3.04. The van der Waals surface area contributed by atoms with Crippen LogP contribution in [0.2, 0.25) is 0 Å². The molecule has 164 valence electrons. The van der Waals surface area contributed by atoms with E-state index < -0.39 is 0 Å². The Hall–Kier alpha value is -0.790. The third-order valence-electron chi connectivity index (χ3n) is 10.3. The van der Waals surface area contributed by atoms with Crippen LogP contribution < -0.4 is 0 Å². The predicted octanol–water partition coefficient (Wildman–Crippen LogP) is 7.86. The molecule has 0 aliphatic heterocycles. The molecular formula is C27H45NO. The van der Waals surface area contributed by atoms with Gasteiger partial charge in [0.2, 0.25) is 0 Å². The summed E-state index contributed by atoms with van der Waals surface area (Å²) in [4.78, 5) is 0. The summed E-state index contributed by atoms with van der Waals surface area (Å²) in [5.41, 5.74) is 3.45. The van der Waals surface area contributed by atoms with E-state index in [1.807, 2.05) is 0 Å². The molecule has 0 spiro atoms. The molecule has 4 rings (SSSR count). The predicted molar refractivity (Wildman–Crippen MR) is 122 cm³/mol. The van der Waals surface area contributed by atoms with Gasteiger partial charge >= 0.3 is 0 Å². The average molecular weight is 400 g/mol. The number of allylic oxidation sites excluding steroid dienone is 2. The van der Waals surface area contributed by atoms with Gasteiger partial charge in [0.25, 0.3) is 0 Å². The molecule has 4 aliphatic rings. The van der Waals surface area contributed by atoms with Crippen LogP contribution in [0.4, 0.5) is 0 Å². The second-order valence-corrected chi connectivity index (χ2v) is 12.1. The van der Waals surface area contributed by atoms with Crippen molar-refractivity contribution in [2.75, 3.05) is 0 Å². The van der Waals surface area contributed by atoms with Gasteiger partial charge in [0.15, 0.2) is 0 Å². The number of hydrogen-bond acceptors (Lipinski definition) is 2. The Bertz CT molecular complexity index is 663. The van der Waals surface area contributed by atoms with E-state index in [1.54, 1.807) is 5.57 Å². The molecule has 3 saturated carbocycles. The molecule has 0 aromatic heterocycles. The van der Waals surface area contributed by atoms with Crippen LogP contribution in [0.1, 0.15) is 105 Å². The highest BCUT2D eigenvalue weighted by Gasteiger charge is 2.59. The first-order chi connectivity index (χ1) is 13.8. The molecule has 0 radical (unpaired) electrons. The molecule has 0 aromatic carbocycles. The monoisotopic (exact) mass is 399 g/mol. The van der Waals surface area contributed by atoms with Gasteiger partial charge in [0, 0.05) is 0 Å². The molecule has 2 heteroatoms. The van der Waals surface area contributed by atoms with Crippen LogP contribution in [0, 0.1) is 46.3 Å². The Morgan fingerprint density at radius 2 is 1.79 bits per heavy atom. The van der Waals surface area contributed by atoms with Gasteiger partial charge in [-0.1, -0.05) is 64.6 Å². The summed E-state index contributed by atoms with van der Waals surface area (Å²) in [5.74, 6) is 5.43. The highest BCUT2D eigenvalue weighted by molar-refractivity contribution is 5.96. The van der Waals surface area contributed by atoms with E-state index >= 15 is 0 Å². The van der Waals surface area contributed by atoms with Crippen LogP contribution in [-0.4, -0.2) is 10.9 Å². The third-order valence-corrected chi connectivity index (χ3v) is 10.3. The quantitative estimate of drug-likeness (QED) is 0.370. The summed E-state index contributed by atoms with van der Waals surface area (Å²) in [7, 11) is 0. The summed E-state index contributed by atoms with van der Waals surface area (Å²) >= 11 is 0. The fourth-order valence-electron chi connectivity index (χ4n) is 8.67. The van der Waals surface area contributed by atoms with E-state index in [9.17, 15) is 5.21 Å². The molecule has 2 nitrogen and oxygen atoms in total. The van der Waals surface area contributed by atoms with Gasteiger partial charge in [-0.25, -0.2) is 0 Å². The molecule has 3 fully saturated rings. The second-order valence-electron chi connectivity index (χ2n) is 12.1. The number of fused-ring (bicyclic) bond motifs is 5. The van der Waals surface area contributed by atoms with E-state index in [0.29, 0.717) is 10.8 Å². The molecule has 1 N–H and O–H groups in total. The zero-order valence-corrected chi connectivity index (χ0v) is 19.7. The first-order valence-corrected chi connectivity index (χ1v) is 12.7. The lowest BCUT2D eigenvalue weighted by molar-refractivity contribution is -0.0574. The van der Waals surface area contributed by atoms with Crippen LogP contribution in [0.3, 0.4) is 0 Å². The Morgan fingerprint density at radius 3 is 2.52 bits per heavy atom. The van der Waals surface area contributed by atoms with Crippen LogP contribution >= 0.6 is 0 Å². The van der Waals surface area contributed by atoms with Crippen molar-refractivity contribution < 1.29 is 5.21 Å². The summed E-state index contributed by atoms with van der Waals surface area (Å²) in [6.45, 7) is 12.5. The van der Waals surface area contributed by atoms with Crippen LogP contribution in [0.5, 0.6) is 0 Å². The first kappa shape index (κ1) is 21.4. The Labute approximate surface area is 179 Å². The standard InChI is InChI=1S/C27H45NO/c1-18(2)7-6-8-19(3)23-11-12-24-22-10-9-20-17-21(28-29)13-15-26(20,4)25(22)14-16-27(23,24)5/h17-19,22-25,29H,6-16H2,1-5H3/t19?,22?,23?,24?,25?,26-,27+/m0/s1. The molecule has 7 atom stereocenters. The molecular weight excluding hydrogens is 354 g/mol. The largest absolute Gasteiger partial charge is 0.411 e. The minimum atomic E-state index is 0.361. The summed E-state index contributed by atoms with van der Waals surface area (Å²) in [6, 6.07) is 0. The molecule has 0 bridgehead atoms. The Kier molecular flexibility index (Phi) is 5.95. The van der Waals surface area contributed by atoms with Crippen LogP contribution in [0.15, 0.2) is 16.8 Å². The number of nitrogens with zero attached hydrogens (tertiary/aromatic N) is 1. The normalized spacial score (nSPS) is 44.2. The SMILES string of the molecule is CC(C)CCCC(C)C1CCC2C3CCC4=CC(=NO)CC[C@]4(C)C3CC[C@]12C. The van der Waals surface area contributed by atoms with Gasteiger partial charge in [-0.15, -0.1) is 0 Å². The second kappa shape index (κ2) is 8.04. The zero-order valence-electron chi connectivity index (χ0n) is 19.7. The van der Waals surface area contributed by atoms with Crippen molar-refractivity contribution in [1.82, 2.24) is 0 Å². The third kappa shape index (κ3) is 3.61. The highest BCUT2D eigenvalue weighted by atomic mass is 16.4. The van der Waals surface area contributed by atoms with Crippen LogP contribution in [-0.2, 0) is 0 Å². The van der Waals surface area contributed by atoms with Crippen LogP contribution in [0.25, 0.3) is 0 Å². The molecule has 0 saturated heterocycles. The highest BCUT2D eigenvalue weighted by Crippen LogP contribution is 2.67. The molecule has 0 heterocycles. The van der Waals surface area contributed by atoms with E-state index in [0.717, 1.165) is 47.6 Å². The van der Waals surface area contributed by atoms with Gasteiger partial charge in [-0.05, 0) is 104 Å². The van der Waals surface area contributed by atoms with Gasteiger partial charge in [0.05, 0.1) is 5.71 Å². The summed E-state index contributed by atoms with van der Waals surface area (Å²) in [6.07, 6.45) is 17.1. The molecule has 29 heavy (non-hydrogen) atoms. The smallest absolute Gasteiger partial charge is 0.0795 e. The van der Waals surface area contributed by atoms with E-state index in [4.69, 9.17) is 0 Å². The van der Waals surface area contributed by atoms with Gasteiger partial charge < -0.3 is 5.21 Å². The maximum atomic E-state index is 9.27. The molecule has 4 aliphatic carbocycles. The van der Waals surface area contributed by atoms with Crippen molar-refractivity contribution in [2.24, 2.45) is 51.5 Å². The van der Waals surface area contributed by atoms with Crippen molar-refractivity contribution >= 4 is 5.71 Å². The first-order valence-electron chi connectivity index (χ1n) is 12.7. The van der Waals surface area contributed by atoms with Crippen molar-refractivity contribution in [3.63, 3.8) is 0 Å². The zero-order chi connectivity index (χ0) is 20.8. The van der Waals surface area contributed by atoms with E-state index in [1.165, 1.54) is 64.2 Å². The fraction of sp³-hybridized carbons (Fsp3) is 0.889. The number of oxime groups is 1. The van der Waals surface area contributed by atoms with Gasteiger partial charge in [-0.3, -0.25) is 0 Å². The van der Waals surface area contributed by atoms with E-state index in [2.05, 4.69) is 45.9 Å². The topological polar surface area (TPSA) is 32.6 Å². The summed E-state index contributed by atoms with van der Waals surface area (Å²) < 4.78 is 0. The number of rotatable bonds is 5. The van der Waals surface area contributed by atoms with Gasteiger partial charge in [-0.2, -0.15) is 0 Å². The molecule has 5 unspecified atom stereocenters. The Morgan fingerprint density at radius 1 is 1.00 bits per heavy atom. The fourth-order valence-corrected chi connectivity index (χ4v) is 8.67. The maximum absolute atomic E-state index is 9.27. The minimum absolute atomic E-state index is 0.361. The van der Waals surface area contributed by atoms with Crippen molar-refractivity contribution in [2.45, 2.75) is 105 Å². The van der Waals surface area contributed by atoms with Crippen molar-refractivity contribution in [3.8, 4) is 0 Å². The lowest BCUT2D eigenvalue weighted by Gasteiger charge is -2.58. The van der Waals surface area contributed by atoms with Crippen molar-refractivity contribution in [3.05, 3.63) is 11.6 Å². The van der Waals surface area contributed by atoms with Crippen molar-refractivity contribution in [1.29, 1.82) is 0 Å². The van der Waals surface area contributed by atoms with E-state index in [-0.39, 0.29) is 0 Å². The molecule has 0 amide bonds. The minimum Gasteiger partial charge on any atom is -0.411 e. The van der Waals surface area contributed by atoms with Gasteiger partial charge in [0.1, 0.15) is 0 Å². The lowest BCUT2D eigenvalue weighted by atomic mass is 9.46. The summed E-state index contributed by atoms with van der Waals surface area (Å²) in [5, 5.41) is 12.8. The lowest BCUT2D eigenvalue weighted by Crippen LogP contribution is -2.51.